The van der Waals surface area contributed by atoms with Gasteiger partial charge in [0.1, 0.15) is 19.1 Å². The number of hydrogen-bond acceptors (Lipinski definition) is 9. The van der Waals surface area contributed by atoms with E-state index >= 15 is 0 Å². The number of hydrogen-bond donors (Lipinski definition) is 3. The maximum atomic E-state index is 13.6. The van der Waals surface area contributed by atoms with Crippen molar-refractivity contribution < 1.29 is 48.7 Å². The van der Waals surface area contributed by atoms with E-state index in [2.05, 4.69) is 13.8 Å². The molecule has 0 bridgehead atoms. The van der Waals surface area contributed by atoms with Gasteiger partial charge in [0, 0.05) is 11.5 Å². The van der Waals surface area contributed by atoms with Gasteiger partial charge in [0.2, 0.25) is 0 Å². The summed E-state index contributed by atoms with van der Waals surface area (Å²) in [6.45, 7) is 6.78. The SMILES string of the molecule is CC(C)[C@H]1CC[C@@]2(OC(=O)C(=C[C@H]3C4=C(CC[C@@H]3C(C)C)COC4=O)CO)COC(=O)[C@H]2[C@@H]1C=C(CO)C(=O)O. The summed E-state index contributed by atoms with van der Waals surface area (Å²) in [4.78, 5) is 51.0. The molecule has 0 spiro atoms. The van der Waals surface area contributed by atoms with Crippen molar-refractivity contribution in [1.82, 2.24) is 0 Å². The van der Waals surface area contributed by atoms with Crippen molar-refractivity contribution in [3.63, 3.8) is 0 Å². The number of aliphatic carboxylic acids is 1. The summed E-state index contributed by atoms with van der Waals surface area (Å²) in [6.07, 6.45) is 5.44. The van der Waals surface area contributed by atoms with Gasteiger partial charge in [-0.05, 0) is 60.8 Å². The van der Waals surface area contributed by atoms with Crippen molar-refractivity contribution in [2.45, 2.75) is 59.0 Å². The van der Waals surface area contributed by atoms with Crippen LogP contribution in [-0.4, -0.2) is 71.2 Å². The van der Waals surface area contributed by atoms with Crippen molar-refractivity contribution in [2.24, 2.45) is 41.4 Å². The van der Waals surface area contributed by atoms with Crippen molar-refractivity contribution >= 4 is 23.9 Å². The van der Waals surface area contributed by atoms with Crippen LogP contribution in [0.3, 0.4) is 0 Å². The highest BCUT2D eigenvalue weighted by molar-refractivity contribution is 5.94. The maximum Gasteiger partial charge on any atom is 0.336 e. The fraction of sp³-hybridized carbons (Fsp3) is 0.667. The molecule has 4 aliphatic rings. The van der Waals surface area contributed by atoms with E-state index < -0.39 is 60.4 Å². The smallest absolute Gasteiger partial charge is 0.336 e. The molecule has 3 N–H and O–H groups in total. The fourth-order valence-electron chi connectivity index (χ4n) is 7.11. The van der Waals surface area contributed by atoms with Gasteiger partial charge in [0.25, 0.3) is 0 Å². The van der Waals surface area contributed by atoms with Gasteiger partial charge in [0.15, 0.2) is 5.60 Å². The molecule has 2 fully saturated rings. The molecule has 1 saturated heterocycles. The number of esters is 3. The molecule has 0 aromatic carbocycles. The molecule has 6 atom stereocenters. The predicted molar refractivity (Wildman–Crippen MR) is 141 cm³/mol. The average Bonchev–Trinajstić information content (AvgIpc) is 3.44. The van der Waals surface area contributed by atoms with E-state index in [1.807, 2.05) is 13.8 Å². The number of ether oxygens (including phenoxy) is 3. The minimum absolute atomic E-state index is 0.0174. The Kier molecular flexibility index (Phi) is 8.89. The molecule has 0 aromatic rings. The minimum Gasteiger partial charge on any atom is -0.478 e. The zero-order valence-corrected chi connectivity index (χ0v) is 23.6. The normalized spacial score (nSPS) is 32.6. The molecule has 0 amide bonds. The van der Waals surface area contributed by atoms with E-state index in [9.17, 15) is 34.5 Å². The number of fused-ring (bicyclic) bond motifs is 1. The molecule has 1 saturated carbocycles. The van der Waals surface area contributed by atoms with Crippen molar-refractivity contribution in [3.8, 4) is 0 Å². The lowest BCUT2D eigenvalue weighted by molar-refractivity contribution is -0.168. The Balaban J connectivity index is 1.69. The molecule has 40 heavy (non-hydrogen) atoms. The van der Waals surface area contributed by atoms with E-state index in [-0.39, 0.29) is 48.0 Å². The Hall–Kier alpha value is -2.98. The second-order valence-corrected chi connectivity index (χ2v) is 12.1. The van der Waals surface area contributed by atoms with E-state index in [1.165, 1.54) is 6.08 Å². The second-order valence-electron chi connectivity index (χ2n) is 12.1. The second kappa shape index (κ2) is 11.9. The van der Waals surface area contributed by atoms with Gasteiger partial charge in [-0.3, -0.25) is 4.79 Å². The first-order chi connectivity index (χ1) is 18.9. The van der Waals surface area contributed by atoms with Crippen molar-refractivity contribution in [1.29, 1.82) is 0 Å². The monoisotopic (exact) mass is 560 g/mol. The number of cyclic esters (lactones) is 2. The average molecular weight is 561 g/mol. The Morgan fingerprint density at radius 3 is 2.27 bits per heavy atom. The first kappa shape index (κ1) is 30.0. The lowest BCUT2D eigenvalue weighted by atomic mass is 9.62. The van der Waals surface area contributed by atoms with Crippen LogP contribution in [0.1, 0.15) is 53.4 Å². The lowest BCUT2D eigenvalue weighted by Crippen LogP contribution is -2.52. The first-order valence-corrected chi connectivity index (χ1v) is 14.1. The first-order valence-electron chi connectivity index (χ1n) is 14.1. The molecule has 0 radical (unpaired) electrons. The molecule has 0 aromatic heterocycles. The molecule has 2 aliphatic heterocycles. The highest BCUT2D eigenvalue weighted by Crippen LogP contribution is 2.51. The number of allylic oxidation sites excluding steroid dienone is 2. The molecule has 4 rings (SSSR count). The number of carboxylic acids is 1. The standard InChI is InChI=1S/C30H40O10/c1-15(2)20-6-5-17-13-38-28(36)24(17)22(20)10-19(12-32)27(35)40-30-8-7-21(16(3)4)23(9-18(11-31)26(33)34)25(30)29(37)39-14-30/h9-10,15-16,20-23,25,31-32H,5-8,11-14H2,1-4H3,(H,33,34)/t20-,21-,22-,23-,25-,30-/m1/s1. The van der Waals surface area contributed by atoms with Crippen LogP contribution in [0.25, 0.3) is 0 Å². The maximum absolute atomic E-state index is 13.6. The van der Waals surface area contributed by atoms with Crippen LogP contribution in [0.4, 0.5) is 0 Å². The highest BCUT2D eigenvalue weighted by atomic mass is 16.6. The summed E-state index contributed by atoms with van der Waals surface area (Å²) in [5, 5.41) is 29.5. The van der Waals surface area contributed by atoms with Crippen LogP contribution in [0.2, 0.25) is 0 Å². The Labute approximate surface area is 234 Å². The molecule has 220 valence electrons. The van der Waals surface area contributed by atoms with Gasteiger partial charge < -0.3 is 29.5 Å². The summed E-state index contributed by atoms with van der Waals surface area (Å²) in [5.74, 6) is -4.87. The predicted octanol–water partition coefficient (Wildman–Crippen LogP) is 2.58. The molecule has 2 aliphatic carbocycles. The Bertz CT molecular complexity index is 1150. The highest BCUT2D eigenvalue weighted by Gasteiger charge is 2.60. The zero-order chi connectivity index (χ0) is 29.4. The van der Waals surface area contributed by atoms with Gasteiger partial charge in [-0.2, -0.15) is 0 Å². The largest absolute Gasteiger partial charge is 0.478 e. The molecule has 10 nitrogen and oxygen atoms in total. The van der Waals surface area contributed by atoms with Crippen LogP contribution in [0, 0.1) is 41.4 Å². The quantitative estimate of drug-likeness (QED) is 0.218. The van der Waals surface area contributed by atoms with E-state index in [1.54, 1.807) is 6.08 Å². The van der Waals surface area contributed by atoms with Crippen LogP contribution in [-0.2, 0) is 33.4 Å². The third kappa shape index (κ3) is 5.48. The van der Waals surface area contributed by atoms with Gasteiger partial charge in [-0.1, -0.05) is 39.8 Å². The van der Waals surface area contributed by atoms with E-state index in [0.717, 1.165) is 18.4 Å². The summed E-state index contributed by atoms with van der Waals surface area (Å²) < 4.78 is 16.7. The zero-order valence-electron chi connectivity index (χ0n) is 23.6. The lowest BCUT2D eigenvalue weighted by Gasteiger charge is -2.45. The molecular weight excluding hydrogens is 520 g/mol. The number of carbonyl (C=O) groups is 4. The topological polar surface area (TPSA) is 157 Å². The van der Waals surface area contributed by atoms with Crippen LogP contribution >= 0.6 is 0 Å². The van der Waals surface area contributed by atoms with E-state index in [4.69, 9.17) is 14.2 Å². The molecule has 2 heterocycles. The van der Waals surface area contributed by atoms with E-state index in [0.29, 0.717) is 18.4 Å². The summed E-state index contributed by atoms with van der Waals surface area (Å²) in [7, 11) is 0. The third-order valence-corrected chi connectivity index (χ3v) is 9.27. The van der Waals surface area contributed by atoms with Crippen molar-refractivity contribution in [3.05, 3.63) is 34.4 Å². The number of carboxylic acid groups (broad SMARTS) is 1. The number of aliphatic hydroxyl groups is 2. The van der Waals surface area contributed by atoms with Crippen LogP contribution in [0.5, 0.6) is 0 Å². The molecule has 10 heteroatoms. The van der Waals surface area contributed by atoms with Crippen molar-refractivity contribution in [2.75, 3.05) is 26.4 Å². The summed E-state index contributed by atoms with van der Waals surface area (Å²) >= 11 is 0. The Morgan fingerprint density at radius 1 is 1.00 bits per heavy atom. The van der Waals surface area contributed by atoms with Crippen LogP contribution < -0.4 is 0 Å². The molecular formula is C30H40O10. The summed E-state index contributed by atoms with van der Waals surface area (Å²) in [5.41, 5.74) is -0.141. The van der Waals surface area contributed by atoms with Gasteiger partial charge in [0.05, 0.1) is 24.4 Å². The number of rotatable bonds is 9. The fourth-order valence-corrected chi connectivity index (χ4v) is 7.11. The van der Waals surface area contributed by atoms with Gasteiger partial charge >= 0.3 is 23.9 Å². The molecule has 0 unspecified atom stereocenters. The third-order valence-electron chi connectivity index (χ3n) is 9.27. The number of carbonyl (C=O) groups excluding carboxylic acids is 3. The summed E-state index contributed by atoms with van der Waals surface area (Å²) in [6, 6.07) is 0. The Morgan fingerprint density at radius 2 is 1.68 bits per heavy atom. The number of aliphatic hydroxyl groups excluding tert-OH is 2. The van der Waals surface area contributed by atoms with Gasteiger partial charge in [-0.15, -0.1) is 0 Å². The minimum atomic E-state index is -1.35. The van der Waals surface area contributed by atoms with Crippen LogP contribution in [0.15, 0.2) is 34.4 Å². The van der Waals surface area contributed by atoms with Gasteiger partial charge in [-0.25, -0.2) is 14.4 Å².